The lowest BCUT2D eigenvalue weighted by Crippen LogP contribution is -1.94. The van der Waals surface area contributed by atoms with Crippen molar-refractivity contribution in [3.8, 4) is 6.07 Å². The zero-order valence-electron chi connectivity index (χ0n) is 9.25. The summed E-state index contributed by atoms with van der Waals surface area (Å²) in [6.45, 7) is 0. The van der Waals surface area contributed by atoms with Gasteiger partial charge in [0.2, 0.25) is 0 Å². The number of aromatic nitrogens is 2. The van der Waals surface area contributed by atoms with Crippen LogP contribution in [0.2, 0.25) is 0 Å². The summed E-state index contributed by atoms with van der Waals surface area (Å²) in [7, 11) is 0. The van der Waals surface area contributed by atoms with Crippen molar-refractivity contribution in [2.75, 3.05) is 5.73 Å². The Hall–Kier alpha value is -2.88. The minimum atomic E-state index is -0.460. The van der Waals surface area contributed by atoms with Crippen molar-refractivity contribution in [2.45, 2.75) is 6.42 Å². The molecule has 2 rings (SSSR count). The van der Waals surface area contributed by atoms with Crippen molar-refractivity contribution in [1.82, 2.24) is 10.2 Å². The minimum absolute atomic E-state index is 0.0309. The summed E-state index contributed by atoms with van der Waals surface area (Å²) in [5, 5.41) is 25.8. The second-order valence-electron chi connectivity index (χ2n) is 3.67. The number of nitrogens with zero attached hydrogens (tertiary/aromatic N) is 3. The molecule has 0 saturated heterocycles. The second kappa shape index (κ2) is 4.55. The number of nitro benzene ring substituents is 1. The molecule has 1 aromatic carbocycles. The summed E-state index contributed by atoms with van der Waals surface area (Å²) in [6, 6.07) is 8.07. The van der Waals surface area contributed by atoms with Crippen LogP contribution in [0.4, 0.5) is 11.5 Å². The van der Waals surface area contributed by atoms with Crippen LogP contribution in [0.1, 0.15) is 16.8 Å². The smallest absolute Gasteiger partial charge is 0.269 e. The maximum atomic E-state index is 10.5. The number of hydrogen-bond acceptors (Lipinski definition) is 5. The van der Waals surface area contributed by atoms with Crippen molar-refractivity contribution in [3.63, 3.8) is 0 Å². The fourth-order valence-electron chi connectivity index (χ4n) is 1.59. The van der Waals surface area contributed by atoms with Gasteiger partial charge in [-0.1, -0.05) is 12.1 Å². The monoisotopic (exact) mass is 243 g/mol. The van der Waals surface area contributed by atoms with Crippen LogP contribution in [0.5, 0.6) is 0 Å². The molecule has 7 heteroatoms. The van der Waals surface area contributed by atoms with Gasteiger partial charge in [-0.05, 0) is 5.56 Å². The number of hydrogen-bond donors (Lipinski definition) is 2. The third kappa shape index (κ3) is 2.12. The van der Waals surface area contributed by atoms with Gasteiger partial charge in [-0.2, -0.15) is 10.4 Å². The highest BCUT2D eigenvalue weighted by atomic mass is 16.6. The fraction of sp³-hybridized carbons (Fsp3) is 0.0909. The zero-order chi connectivity index (χ0) is 13.1. The summed E-state index contributed by atoms with van der Waals surface area (Å²) in [5.41, 5.74) is 7.29. The van der Waals surface area contributed by atoms with E-state index < -0.39 is 4.92 Å². The van der Waals surface area contributed by atoms with Crippen LogP contribution < -0.4 is 5.73 Å². The van der Waals surface area contributed by atoms with Crippen LogP contribution in [0.15, 0.2) is 24.3 Å². The van der Waals surface area contributed by atoms with E-state index in [1.165, 1.54) is 12.1 Å². The Morgan fingerprint density at radius 1 is 1.44 bits per heavy atom. The average molecular weight is 243 g/mol. The van der Waals surface area contributed by atoms with Crippen LogP contribution >= 0.6 is 0 Å². The number of benzene rings is 1. The molecule has 0 fully saturated rings. The van der Waals surface area contributed by atoms with E-state index in [1.807, 2.05) is 6.07 Å². The number of nitro groups is 1. The average Bonchev–Trinajstić information content (AvgIpc) is 2.70. The fourth-order valence-corrected chi connectivity index (χ4v) is 1.59. The molecular weight excluding hydrogens is 234 g/mol. The van der Waals surface area contributed by atoms with Gasteiger partial charge in [0.25, 0.3) is 5.69 Å². The van der Waals surface area contributed by atoms with Crippen LogP contribution in [0.25, 0.3) is 0 Å². The Kier molecular flexibility index (Phi) is 2.93. The van der Waals surface area contributed by atoms with E-state index in [0.717, 1.165) is 5.56 Å². The molecule has 3 N–H and O–H groups in total. The first-order valence-corrected chi connectivity index (χ1v) is 5.08. The van der Waals surface area contributed by atoms with Crippen molar-refractivity contribution in [1.29, 1.82) is 5.26 Å². The van der Waals surface area contributed by atoms with E-state index in [2.05, 4.69) is 10.2 Å². The second-order valence-corrected chi connectivity index (χ2v) is 3.67. The minimum Gasteiger partial charge on any atom is -0.381 e. The van der Waals surface area contributed by atoms with Gasteiger partial charge in [0.1, 0.15) is 11.6 Å². The number of nitrogens with two attached hydrogens (primary N) is 1. The summed E-state index contributed by atoms with van der Waals surface area (Å²) in [6.07, 6.45) is 0.422. The first-order valence-electron chi connectivity index (χ1n) is 5.08. The number of nitriles is 1. The molecule has 1 heterocycles. The van der Waals surface area contributed by atoms with Gasteiger partial charge in [-0.25, -0.2) is 0 Å². The maximum absolute atomic E-state index is 10.5. The molecular formula is C11H9N5O2. The van der Waals surface area contributed by atoms with Crippen LogP contribution in [-0.4, -0.2) is 15.1 Å². The van der Waals surface area contributed by atoms with Gasteiger partial charge in [-0.15, -0.1) is 0 Å². The van der Waals surface area contributed by atoms with Crippen LogP contribution in [0.3, 0.4) is 0 Å². The first kappa shape index (κ1) is 11.6. The Balaban J connectivity index is 2.24. The lowest BCUT2D eigenvalue weighted by Gasteiger charge is -1.99. The third-order valence-corrected chi connectivity index (χ3v) is 2.51. The Morgan fingerprint density at radius 2 is 2.11 bits per heavy atom. The van der Waals surface area contributed by atoms with Crippen molar-refractivity contribution in [3.05, 3.63) is 51.2 Å². The molecule has 0 amide bonds. The molecule has 0 spiro atoms. The number of nitrogens with one attached hydrogen (secondary N) is 1. The van der Waals surface area contributed by atoms with Crippen molar-refractivity contribution in [2.24, 2.45) is 0 Å². The highest BCUT2D eigenvalue weighted by Gasteiger charge is 2.11. The Labute approximate surface area is 102 Å². The summed E-state index contributed by atoms with van der Waals surface area (Å²) in [4.78, 5) is 10.0. The number of non-ortho nitro benzene ring substituents is 1. The molecule has 0 radical (unpaired) electrons. The van der Waals surface area contributed by atoms with Gasteiger partial charge in [0.05, 0.1) is 10.6 Å². The molecule has 90 valence electrons. The first-order chi connectivity index (χ1) is 8.61. The predicted molar refractivity (Wildman–Crippen MR) is 63.6 cm³/mol. The Bertz CT molecular complexity index is 624. The van der Waals surface area contributed by atoms with E-state index >= 15 is 0 Å². The lowest BCUT2D eigenvalue weighted by atomic mass is 10.1. The molecule has 1 aromatic heterocycles. The number of H-pyrrole nitrogens is 1. The molecule has 0 unspecified atom stereocenters. The molecule has 18 heavy (non-hydrogen) atoms. The standard InChI is InChI=1S/C11H9N5O2/c12-6-9-10(14-15-11(9)13)5-7-1-3-8(4-2-7)16(17)18/h1-4H,5H2,(H3,13,14,15). The van der Waals surface area contributed by atoms with Crippen LogP contribution in [-0.2, 0) is 6.42 Å². The van der Waals surface area contributed by atoms with Gasteiger partial charge < -0.3 is 5.73 Å². The predicted octanol–water partition coefficient (Wildman–Crippen LogP) is 1.36. The van der Waals surface area contributed by atoms with E-state index in [1.54, 1.807) is 12.1 Å². The van der Waals surface area contributed by atoms with E-state index in [-0.39, 0.29) is 11.5 Å². The summed E-state index contributed by atoms with van der Waals surface area (Å²) < 4.78 is 0. The van der Waals surface area contributed by atoms with Gasteiger partial charge in [0, 0.05) is 18.6 Å². The van der Waals surface area contributed by atoms with Crippen molar-refractivity contribution >= 4 is 11.5 Å². The normalized spacial score (nSPS) is 9.94. The van der Waals surface area contributed by atoms with Gasteiger partial charge >= 0.3 is 0 Å². The summed E-state index contributed by atoms with van der Waals surface area (Å²) in [5.74, 6) is 0.161. The number of rotatable bonds is 3. The molecule has 2 aromatic rings. The molecule has 0 aliphatic heterocycles. The largest absolute Gasteiger partial charge is 0.381 e. The van der Waals surface area contributed by atoms with E-state index in [0.29, 0.717) is 17.7 Å². The molecule has 0 aliphatic carbocycles. The molecule has 0 atom stereocenters. The highest BCUT2D eigenvalue weighted by Crippen LogP contribution is 2.18. The number of anilines is 1. The quantitative estimate of drug-likeness (QED) is 0.622. The molecule has 0 bridgehead atoms. The van der Waals surface area contributed by atoms with Gasteiger partial charge in [-0.3, -0.25) is 15.2 Å². The number of nitrogen functional groups attached to an aromatic ring is 1. The molecule has 0 saturated carbocycles. The topological polar surface area (TPSA) is 122 Å². The van der Waals surface area contributed by atoms with E-state index in [4.69, 9.17) is 11.0 Å². The van der Waals surface area contributed by atoms with Crippen molar-refractivity contribution < 1.29 is 4.92 Å². The van der Waals surface area contributed by atoms with Gasteiger partial charge in [0.15, 0.2) is 5.82 Å². The maximum Gasteiger partial charge on any atom is 0.269 e. The van der Waals surface area contributed by atoms with Crippen LogP contribution in [0, 0.1) is 21.4 Å². The zero-order valence-corrected chi connectivity index (χ0v) is 9.25. The lowest BCUT2D eigenvalue weighted by molar-refractivity contribution is -0.384. The molecule has 0 aliphatic rings. The summed E-state index contributed by atoms with van der Waals surface area (Å²) >= 11 is 0. The highest BCUT2D eigenvalue weighted by molar-refractivity contribution is 5.52. The van der Waals surface area contributed by atoms with E-state index in [9.17, 15) is 10.1 Å². The number of aromatic amines is 1. The third-order valence-electron chi connectivity index (χ3n) is 2.51. The SMILES string of the molecule is N#Cc1c(N)n[nH]c1Cc1ccc([N+](=O)[O-])cc1. The molecule has 7 nitrogen and oxygen atoms in total. The Morgan fingerprint density at radius 3 is 2.67 bits per heavy atom.